The molecule has 0 unspecified atom stereocenters. The first kappa shape index (κ1) is 13.1. The predicted octanol–water partition coefficient (Wildman–Crippen LogP) is 1.53. The van der Waals surface area contributed by atoms with Crippen LogP contribution in [0.2, 0.25) is 0 Å². The van der Waals surface area contributed by atoms with Crippen molar-refractivity contribution in [2.24, 2.45) is 0 Å². The zero-order valence-electron chi connectivity index (χ0n) is 10.7. The SMILES string of the molecule is C=CCn1c(C)nnc1S[C@H](C)C(=O)NC1CC1. The number of nitrogens with one attached hydrogen (secondary N) is 1. The van der Waals surface area contributed by atoms with Crippen LogP contribution in [0.4, 0.5) is 0 Å². The van der Waals surface area contributed by atoms with Crippen LogP contribution >= 0.6 is 11.8 Å². The Morgan fingerprint density at radius 2 is 2.39 bits per heavy atom. The van der Waals surface area contributed by atoms with Gasteiger partial charge in [-0.1, -0.05) is 17.8 Å². The second-order valence-corrected chi connectivity index (χ2v) is 5.78. The maximum absolute atomic E-state index is 11.9. The van der Waals surface area contributed by atoms with E-state index in [0.717, 1.165) is 23.8 Å². The van der Waals surface area contributed by atoms with Crippen LogP contribution in [0.25, 0.3) is 0 Å². The molecule has 1 atom stereocenters. The van der Waals surface area contributed by atoms with Crippen molar-refractivity contribution in [1.29, 1.82) is 0 Å². The molecular weight excluding hydrogens is 248 g/mol. The lowest BCUT2D eigenvalue weighted by atomic mass is 10.4. The van der Waals surface area contributed by atoms with Crippen molar-refractivity contribution in [3.8, 4) is 0 Å². The minimum atomic E-state index is -0.155. The summed E-state index contributed by atoms with van der Waals surface area (Å²) in [5.41, 5.74) is 0. The average Bonchev–Trinajstić information content (AvgIpc) is 3.09. The van der Waals surface area contributed by atoms with Gasteiger partial charge < -0.3 is 9.88 Å². The fourth-order valence-electron chi connectivity index (χ4n) is 1.55. The van der Waals surface area contributed by atoms with Crippen molar-refractivity contribution in [3.05, 3.63) is 18.5 Å². The number of rotatable bonds is 6. The standard InChI is InChI=1S/C12H18N4OS/c1-4-7-16-9(3)14-15-12(16)18-8(2)11(17)13-10-5-6-10/h4,8,10H,1,5-7H2,2-3H3,(H,13,17)/t8-/m1/s1. The number of carbonyl (C=O) groups is 1. The van der Waals surface area contributed by atoms with E-state index in [1.807, 2.05) is 18.4 Å². The Hall–Kier alpha value is -1.30. The number of amides is 1. The molecule has 1 amide bonds. The number of nitrogens with zero attached hydrogens (tertiary/aromatic N) is 3. The van der Waals surface area contributed by atoms with Crippen LogP contribution < -0.4 is 5.32 Å². The Morgan fingerprint density at radius 3 is 3.00 bits per heavy atom. The van der Waals surface area contributed by atoms with E-state index in [-0.39, 0.29) is 11.2 Å². The quantitative estimate of drug-likeness (QED) is 0.626. The van der Waals surface area contributed by atoms with Crippen LogP contribution in [0, 0.1) is 6.92 Å². The smallest absolute Gasteiger partial charge is 0.233 e. The molecule has 1 aliphatic carbocycles. The Labute approximate surface area is 111 Å². The number of hydrogen-bond acceptors (Lipinski definition) is 4. The third kappa shape index (κ3) is 3.13. The van der Waals surface area contributed by atoms with Gasteiger partial charge >= 0.3 is 0 Å². The van der Waals surface area contributed by atoms with Crippen LogP contribution in [-0.2, 0) is 11.3 Å². The molecule has 5 nitrogen and oxygen atoms in total. The molecule has 98 valence electrons. The molecule has 6 heteroatoms. The summed E-state index contributed by atoms with van der Waals surface area (Å²) in [4.78, 5) is 11.9. The van der Waals surface area contributed by atoms with Crippen LogP contribution in [-0.4, -0.2) is 32.0 Å². The van der Waals surface area contributed by atoms with E-state index in [2.05, 4.69) is 22.1 Å². The van der Waals surface area contributed by atoms with E-state index in [1.54, 1.807) is 6.08 Å². The molecular formula is C12H18N4OS. The predicted molar refractivity (Wildman–Crippen MR) is 71.4 cm³/mol. The van der Waals surface area contributed by atoms with Crippen molar-refractivity contribution in [1.82, 2.24) is 20.1 Å². The molecule has 1 aromatic rings. The second-order valence-electron chi connectivity index (χ2n) is 4.47. The third-order valence-electron chi connectivity index (χ3n) is 2.79. The van der Waals surface area contributed by atoms with Gasteiger partial charge in [0.2, 0.25) is 5.91 Å². The lowest BCUT2D eigenvalue weighted by Gasteiger charge is -2.11. The molecule has 1 aliphatic rings. The zero-order valence-corrected chi connectivity index (χ0v) is 11.5. The third-order valence-corrected chi connectivity index (χ3v) is 3.87. The number of aromatic nitrogens is 3. The summed E-state index contributed by atoms with van der Waals surface area (Å²) in [5, 5.41) is 11.7. The highest BCUT2D eigenvalue weighted by atomic mass is 32.2. The molecule has 0 aliphatic heterocycles. The van der Waals surface area contributed by atoms with Gasteiger partial charge in [-0.25, -0.2) is 0 Å². The molecule has 0 bridgehead atoms. The van der Waals surface area contributed by atoms with E-state index in [9.17, 15) is 4.79 Å². The van der Waals surface area contributed by atoms with Crippen LogP contribution in [0.3, 0.4) is 0 Å². The molecule has 1 fully saturated rings. The monoisotopic (exact) mass is 266 g/mol. The maximum Gasteiger partial charge on any atom is 0.233 e. The normalized spacial score (nSPS) is 16.3. The lowest BCUT2D eigenvalue weighted by Crippen LogP contribution is -2.32. The average molecular weight is 266 g/mol. The van der Waals surface area contributed by atoms with Crippen molar-refractivity contribution >= 4 is 17.7 Å². The highest BCUT2D eigenvalue weighted by Gasteiger charge is 2.26. The number of carbonyl (C=O) groups excluding carboxylic acids is 1. The zero-order chi connectivity index (χ0) is 13.1. The van der Waals surface area contributed by atoms with Gasteiger partial charge in [-0.3, -0.25) is 4.79 Å². The summed E-state index contributed by atoms with van der Waals surface area (Å²) >= 11 is 1.44. The van der Waals surface area contributed by atoms with Gasteiger partial charge in [0.15, 0.2) is 5.16 Å². The van der Waals surface area contributed by atoms with Gasteiger partial charge in [0, 0.05) is 12.6 Å². The Bertz CT molecular complexity index is 453. The number of hydrogen-bond donors (Lipinski definition) is 1. The minimum Gasteiger partial charge on any atom is -0.352 e. The molecule has 0 spiro atoms. The summed E-state index contributed by atoms with van der Waals surface area (Å²) in [6.07, 6.45) is 4.01. The molecule has 1 N–H and O–H groups in total. The number of allylic oxidation sites excluding steroid dienone is 1. The second kappa shape index (κ2) is 5.56. The summed E-state index contributed by atoms with van der Waals surface area (Å²) < 4.78 is 1.96. The Kier molecular flexibility index (Phi) is 4.06. The summed E-state index contributed by atoms with van der Waals surface area (Å²) in [6.45, 7) is 8.17. The van der Waals surface area contributed by atoms with E-state index in [1.165, 1.54) is 11.8 Å². The molecule has 1 saturated carbocycles. The number of aryl methyl sites for hydroxylation is 1. The maximum atomic E-state index is 11.9. The molecule has 18 heavy (non-hydrogen) atoms. The van der Waals surface area contributed by atoms with E-state index in [4.69, 9.17) is 0 Å². The van der Waals surface area contributed by atoms with E-state index < -0.39 is 0 Å². The van der Waals surface area contributed by atoms with Crippen molar-refractivity contribution in [3.63, 3.8) is 0 Å². The lowest BCUT2D eigenvalue weighted by molar-refractivity contribution is -0.120. The molecule has 2 rings (SSSR count). The Morgan fingerprint density at radius 1 is 1.67 bits per heavy atom. The van der Waals surface area contributed by atoms with Gasteiger partial charge in [-0.15, -0.1) is 16.8 Å². The minimum absolute atomic E-state index is 0.0771. The van der Waals surface area contributed by atoms with E-state index >= 15 is 0 Å². The summed E-state index contributed by atoms with van der Waals surface area (Å²) in [6, 6.07) is 0.397. The number of thioether (sulfide) groups is 1. The molecule has 1 aromatic heterocycles. The molecule has 0 saturated heterocycles. The molecule has 0 aromatic carbocycles. The van der Waals surface area contributed by atoms with E-state index in [0.29, 0.717) is 12.6 Å². The van der Waals surface area contributed by atoms with Crippen LogP contribution in [0.1, 0.15) is 25.6 Å². The summed E-state index contributed by atoms with van der Waals surface area (Å²) in [7, 11) is 0. The first-order valence-corrected chi connectivity index (χ1v) is 6.97. The van der Waals surface area contributed by atoms with Gasteiger partial charge in [0.25, 0.3) is 0 Å². The van der Waals surface area contributed by atoms with Crippen molar-refractivity contribution < 1.29 is 4.79 Å². The summed E-state index contributed by atoms with van der Waals surface area (Å²) in [5.74, 6) is 0.917. The highest BCUT2D eigenvalue weighted by Crippen LogP contribution is 2.24. The molecule has 0 radical (unpaired) electrons. The van der Waals surface area contributed by atoms with Crippen LogP contribution in [0.15, 0.2) is 17.8 Å². The van der Waals surface area contributed by atoms with Crippen molar-refractivity contribution in [2.45, 2.75) is 49.7 Å². The van der Waals surface area contributed by atoms with Gasteiger partial charge in [0.05, 0.1) is 5.25 Å². The topological polar surface area (TPSA) is 59.8 Å². The fourth-order valence-corrected chi connectivity index (χ4v) is 2.46. The fraction of sp³-hybridized carbons (Fsp3) is 0.583. The van der Waals surface area contributed by atoms with Crippen LogP contribution in [0.5, 0.6) is 0 Å². The highest BCUT2D eigenvalue weighted by molar-refractivity contribution is 8.00. The van der Waals surface area contributed by atoms with Gasteiger partial charge in [-0.2, -0.15) is 0 Å². The first-order valence-electron chi connectivity index (χ1n) is 6.09. The van der Waals surface area contributed by atoms with Gasteiger partial charge in [0.1, 0.15) is 5.82 Å². The Balaban J connectivity index is 1.98. The largest absolute Gasteiger partial charge is 0.352 e. The van der Waals surface area contributed by atoms with Gasteiger partial charge in [-0.05, 0) is 26.7 Å². The van der Waals surface area contributed by atoms with Crippen molar-refractivity contribution in [2.75, 3.05) is 0 Å². The molecule has 1 heterocycles. The first-order chi connectivity index (χ1) is 8.61.